The Kier molecular flexibility index (Phi) is 2.44. The van der Waals surface area contributed by atoms with E-state index < -0.39 is 0 Å². The molecule has 3 unspecified atom stereocenters. The molecule has 1 aromatic carbocycles. The van der Waals surface area contributed by atoms with Crippen LogP contribution in [-0.2, 0) is 0 Å². The van der Waals surface area contributed by atoms with E-state index in [9.17, 15) is 15.2 Å². The van der Waals surface area contributed by atoms with Gasteiger partial charge >= 0.3 is 0 Å². The van der Waals surface area contributed by atoms with Gasteiger partial charge in [-0.15, -0.1) is 0 Å². The first kappa shape index (κ1) is 10.1. The number of aliphatic hydroxyl groups is 1. The Bertz CT molecular complexity index is 391. The standard InChI is InChI=1S/C11H13NO3/c1-7-10(6-11(7)13)8-3-2-4-9(5-8)12(14)15/h2-5,7,10-11,13H,6H2,1H3. The van der Waals surface area contributed by atoms with Crippen molar-refractivity contribution in [2.45, 2.75) is 25.4 Å². The van der Waals surface area contributed by atoms with Crippen LogP contribution in [0.2, 0.25) is 0 Å². The van der Waals surface area contributed by atoms with Gasteiger partial charge in [0.15, 0.2) is 0 Å². The normalized spacial score (nSPS) is 29.6. The van der Waals surface area contributed by atoms with Crippen LogP contribution in [0.25, 0.3) is 0 Å². The molecule has 3 atom stereocenters. The monoisotopic (exact) mass is 207 g/mol. The summed E-state index contributed by atoms with van der Waals surface area (Å²) in [5.74, 6) is 0.465. The zero-order chi connectivity index (χ0) is 11.0. The van der Waals surface area contributed by atoms with E-state index in [0.717, 1.165) is 5.56 Å². The summed E-state index contributed by atoms with van der Waals surface area (Å²) in [6, 6.07) is 6.68. The van der Waals surface area contributed by atoms with Crippen LogP contribution in [0.1, 0.15) is 24.8 Å². The lowest BCUT2D eigenvalue weighted by atomic mass is 9.69. The summed E-state index contributed by atoms with van der Waals surface area (Å²) in [4.78, 5) is 10.2. The van der Waals surface area contributed by atoms with Crippen molar-refractivity contribution in [3.8, 4) is 0 Å². The zero-order valence-corrected chi connectivity index (χ0v) is 8.46. The van der Waals surface area contributed by atoms with Gasteiger partial charge in [-0.2, -0.15) is 0 Å². The molecule has 1 aliphatic carbocycles. The maximum Gasteiger partial charge on any atom is 0.269 e. The maximum atomic E-state index is 10.6. The van der Waals surface area contributed by atoms with E-state index in [1.165, 1.54) is 6.07 Å². The van der Waals surface area contributed by atoms with Crippen LogP contribution in [0.3, 0.4) is 0 Å². The second-order valence-electron chi connectivity index (χ2n) is 4.12. The van der Waals surface area contributed by atoms with Crippen molar-refractivity contribution >= 4 is 5.69 Å². The summed E-state index contributed by atoms with van der Waals surface area (Å²) in [6.45, 7) is 1.97. The molecule has 15 heavy (non-hydrogen) atoms. The lowest BCUT2D eigenvalue weighted by Gasteiger charge is -2.39. The average molecular weight is 207 g/mol. The second kappa shape index (κ2) is 3.62. The number of nitro benzene ring substituents is 1. The SMILES string of the molecule is CC1C(O)CC1c1cccc([N+](=O)[O-])c1. The number of non-ortho nitro benzene ring substituents is 1. The lowest BCUT2D eigenvalue weighted by molar-refractivity contribution is -0.385. The Balaban J connectivity index is 2.23. The summed E-state index contributed by atoms with van der Waals surface area (Å²) in [5.41, 5.74) is 1.09. The molecule has 80 valence electrons. The van der Waals surface area contributed by atoms with Crippen LogP contribution in [0.4, 0.5) is 5.69 Å². The molecular formula is C11H13NO3. The quantitative estimate of drug-likeness (QED) is 0.596. The first-order valence-corrected chi connectivity index (χ1v) is 5.02. The van der Waals surface area contributed by atoms with Crippen molar-refractivity contribution in [2.24, 2.45) is 5.92 Å². The van der Waals surface area contributed by atoms with E-state index in [4.69, 9.17) is 0 Å². The average Bonchev–Trinajstić information content (AvgIpc) is 2.25. The highest BCUT2D eigenvalue weighted by atomic mass is 16.6. The molecule has 1 aromatic rings. The predicted molar refractivity (Wildman–Crippen MR) is 55.6 cm³/mol. The number of nitro groups is 1. The maximum absolute atomic E-state index is 10.6. The van der Waals surface area contributed by atoms with Crippen molar-refractivity contribution < 1.29 is 10.0 Å². The Morgan fingerprint density at radius 1 is 1.53 bits per heavy atom. The van der Waals surface area contributed by atoms with Crippen LogP contribution in [-0.4, -0.2) is 16.1 Å². The van der Waals surface area contributed by atoms with Gasteiger partial charge in [-0.3, -0.25) is 10.1 Å². The molecule has 1 aliphatic rings. The Morgan fingerprint density at radius 2 is 2.27 bits per heavy atom. The van der Waals surface area contributed by atoms with Gasteiger partial charge in [-0.25, -0.2) is 0 Å². The van der Waals surface area contributed by atoms with Crippen LogP contribution in [0.5, 0.6) is 0 Å². The fraction of sp³-hybridized carbons (Fsp3) is 0.455. The molecular weight excluding hydrogens is 194 g/mol. The number of benzene rings is 1. The van der Waals surface area contributed by atoms with E-state index in [-0.39, 0.29) is 28.6 Å². The number of rotatable bonds is 2. The molecule has 4 nitrogen and oxygen atoms in total. The third-order valence-electron chi connectivity index (χ3n) is 3.25. The van der Waals surface area contributed by atoms with E-state index in [0.29, 0.717) is 6.42 Å². The van der Waals surface area contributed by atoms with Crippen molar-refractivity contribution in [2.75, 3.05) is 0 Å². The molecule has 0 aromatic heterocycles. The first-order valence-electron chi connectivity index (χ1n) is 5.02. The summed E-state index contributed by atoms with van der Waals surface area (Å²) >= 11 is 0. The number of hydrogen-bond acceptors (Lipinski definition) is 3. The van der Waals surface area contributed by atoms with Crippen LogP contribution >= 0.6 is 0 Å². The smallest absolute Gasteiger partial charge is 0.269 e. The van der Waals surface area contributed by atoms with E-state index in [2.05, 4.69) is 0 Å². The van der Waals surface area contributed by atoms with E-state index in [1.807, 2.05) is 13.0 Å². The molecule has 0 saturated heterocycles. The highest BCUT2D eigenvalue weighted by Gasteiger charge is 2.37. The first-order chi connectivity index (χ1) is 7.09. The van der Waals surface area contributed by atoms with Gasteiger partial charge < -0.3 is 5.11 Å². The van der Waals surface area contributed by atoms with Gasteiger partial charge in [0.25, 0.3) is 5.69 Å². The largest absolute Gasteiger partial charge is 0.393 e. The second-order valence-corrected chi connectivity index (χ2v) is 4.12. The highest BCUT2D eigenvalue weighted by Crippen LogP contribution is 2.42. The van der Waals surface area contributed by atoms with Gasteiger partial charge in [-0.05, 0) is 23.8 Å². The Hall–Kier alpha value is -1.42. The number of nitrogens with zero attached hydrogens (tertiary/aromatic N) is 1. The van der Waals surface area contributed by atoms with Crippen molar-refractivity contribution in [3.05, 3.63) is 39.9 Å². The third kappa shape index (κ3) is 1.72. The topological polar surface area (TPSA) is 63.4 Å². The van der Waals surface area contributed by atoms with E-state index >= 15 is 0 Å². The van der Waals surface area contributed by atoms with E-state index in [1.54, 1.807) is 12.1 Å². The summed E-state index contributed by atoms with van der Waals surface area (Å²) in [5, 5.41) is 20.0. The molecule has 0 spiro atoms. The predicted octanol–water partition coefficient (Wildman–Crippen LogP) is 2.08. The molecule has 1 saturated carbocycles. The molecule has 0 aliphatic heterocycles. The molecule has 2 rings (SSSR count). The Morgan fingerprint density at radius 3 is 2.80 bits per heavy atom. The molecule has 0 amide bonds. The van der Waals surface area contributed by atoms with Crippen molar-refractivity contribution in [1.29, 1.82) is 0 Å². The minimum absolute atomic E-state index is 0.126. The highest BCUT2D eigenvalue weighted by molar-refractivity contribution is 5.37. The Labute approximate surface area is 87.7 Å². The lowest BCUT2D eigenvalue weighted by Crippen LogP contribution is -2.37. The van der Waals surface area contributed by atoms with Crippen LogP contribution < -0.4 is 0 Å². The van der Waals surface area contributed by atoms with Crippen LogP contribution in [0, 0.1) is 16.0 Å². The number of aliphatic hydroxyl groups excluding tert-OH is 1. The minimum atomic E-state index is -0.386. The minimum Gasteiger partial charge on any atom is -0.393 e. The molecule has 1 N–H and O–H groups in total. The molecule has 0 heterocycles. The fourth-order valence-electron chi connectivity index (χ4n) is 2.07. The summed E-state index contributed by atoms with van der Waals surface area (Å²) in [7, 11) is 0. The zero-order valence-electron chi connectivity index (χ0n) is 8.46. The summed E-state index contributed by atoms with van der Waals surface area (Å²) < 4.78 is 0. The molecule has 4 heteroatoms. The molecule has 0 bridgehead atoms. The molecule has 1 fully saturated rings. The van der Waals surface area contributed by atoms with Crippen LogP contribution in [0.15, 0.2) is 24.3 Å². The van der Waals surface area contributed by atoms with Crippen molar-refractivity contribution in [1.82, 2.24) is 0 Å². The summed E-state index contributed by atoms with van der Waals surface area (Å²) in [6.07, 6.45) is 0.455. The van der Waals surface area contributed by atoms with Gasteiger partial charge in [0.2, 0.25) is 0 Å². The van der Waals surface area contributed by atoms with Crippen molar-refractivity contribution in [3.63, 3.8) is 0 Å². The van der Waals surface area contributed by atoms with Gasteiger partial charge in [-0.1, -0.05) is 19.1 Å². The van der Waals surface area contributed by atoms with Gasteiger partial charge in [0.1, 0.15) is 0 Å². The number of hydrogen-bond donors (Lipinski definition) is 1. The molecule has 0 radical (unpaired) electrons. The van der Waals surface area contributed by atoms with Gasteiger partial charge in [0, 0.05) is 12.1 Å². The van der Waals surface area contributed by atoms with Gasteiger partial charge in [0.05, 0.1) is 11.0 Å². The fourth-order valence-corrected chi connectivity index (χ4v) is 2.07. The third-order valence-corrected chi connectivity index (χ3v) is 3.25.